The normalized spacial score (nSPS) is 11.2. The molecule has 104 valence electrons. The molecule has 0 aliphatic rings. The number of carbonyl (C=O) groups excluding carboxylic acids is 1. The van der Waals surface area contributed by atoms with Crippen molar-refractivity contribution < 1.29 is 9.53 Å². The molecule has 0 saturated carbocycles. The lowest BCUT2D eigenvalue weighted by atomic mass is 10.0. The number of ether oxygens (including phenoxy) is 1. The van der Waals surface area contributed by atoms with E-state index in [-0.39, 0.29) is 5.97 Å². The minimum absolute atomic E-state index is 0.292. The van der Waals surface area contributed by atoms with Crippen molar-refractivity contribution in [1.29, 1.82) is 0 Å². The van der Waals surface area contributed by atoms with Crippen molar-refractivity contribution >= 4 is 21.9 Å². The molecular weight excluding hydrogens is 316 g/mol. The highest BCUT2D eigenvalue weighted by molar-refractivity contribution is 9.10. The third-order valence-electron chi connectivity index (χ3n) is 2.70. The van der Waals surface area contributed by atoms with Gasteiger partial charge in [-0.1, -0.05) is 40.2 Å². The Balaban J connectivity index is 2.18. The molecule has 0 atom stereocenters. The molecule has 0 radical (unpaired) electrons. The van der Waals surface area contributed by atoms with Crippen molar-refractivity contribution in [3.8, 4) is 11.1 Å². The molecule has 20 heavy (non-hydrogen) atoms. The maximum absolute atomic E-state index is 11.9. The Morgan fingerprint density at radius 1 is 0.900 bits per heavy atom. The molecule has 2 nitrogen and oxygen atoms in total. The summed E-state index contributed by atoms with van der Waals surface area (Å²) in [5.41, 5.74) is 2.29. The fourth-order valence-electron chi connectivity index (χ4n) is 1.78. The summed E-state index contributed by atoms with van der Waals surface area (Å²) in [5, 5.41) is 0. The quantitative estimate of drug-likeness (QED) is 0.717. The first kappa shape index (κ1) is 14.8. The Hall–Kier alpha value is -1.61. The van der Waals surface area contributed by atoms with Crippen LogP contribution in [0.15, 0.2) is 53.0 Å². The van der Waals surface area contributed by atoms with Crippen LogP contribution in [0.5, 0.6) is 0 Å². The monoisotopic (exact) mass is 332 g/mol. The molecule has 2 rings (SSSR count). The van der Waals surface area contributed by atoms with E-state index in [1.165, 1.54) is 0 Å². The lowest BCUT2D eigenvalue weighted by Gasteiger charge is -2.19. The number of hydrogen-bond acceptors (Lipinski definition) is 2. The summed E-state index contributed by atoms with van der Waals surface area (Å²) in [6, 6.07) is 15.5. The average Bonchev–Trinajstić information content (AvgIpc) is 2.38. The van der Waals surface area contributed by atoms with E-state index >= 15 is 0 Å². The van der Waals surface area contributed by atoms with E-state index < -0.39 is 5.60 Å². The van der Waals surface area contributed by atoms with Gasteiger partial charge in [0.05, 0.1) is 5.56 Å². The predicted molar refractivity (Wildman–Crippen MR) is 84.7 cm³/mol. The summed E-state index contributed by atoms with van der Waals surface area (Å²) in [7, 11) is 0. The molecule has 0 spiro atoms. The Morgan fingerprint density at radius 3 is 1.80 bits per heavy atom. The first-order valence-corrected chi connectivity index (χ1v) is 7.24. The Labute approximate surface area is 127 Å². The zero-order valence-corrected chi connectivity index (χ0v) is 13.4. The predicted octanol–water partition coefficient (Wildman–Crippen LogP) is 5.07. The van der Waals surface area contributed by atoms with Gasteiger partial charge in [-0.15, -0.1) is 0 Å². The van der Waals surface area contributed by atoms with Crippen LogP contribution >= 0.6 is 15.9 Å². The molecule has 0 aliphatic heterocycles. The molecule has 0 aromatic heterocycles. The van der Waals surface area contributed by atoms with Crippen LogP contribution in [0.4, 0.5) is 0 Å². The molecule has 0 N–H and O–H groups in total. The number of benzene rings is 2. The van der Waals surface area contributed by atoms with Crippen molar-refractivity contribution in [2.45, 2.75) is 26.4 Å². The summed E-state index contributed by atoms with van der Waals surface area (Å²) in [6.45, 7) is 5.59. The Kier molecular flexibility index (Phi) is 4.29. The third kappa shape index (κ3) is 3.94. The van der Waals surface area contributed by atoms with Gasteiger partial charge in [-0.3, -0.25) is 0 Å². The van der Waals surface area contributed by atoms with Gasteiger partial charge < -0.3 is 4.74 Å². The van der Waals surface area contributed by atoms with E-state index in [0.717, 1.165) is 15.6 Å². The third-order valence-corrected chi connectivity index (χ3v) is 3.23. The number of carbonyl (C=O) groups is 1. The lowest BCUT2D eigenvalue weighted by Crippen LogP contribution is -2.23. The zero-order chi connectivity index (χ0) is 14.8. The van der Waals surface area contributed by atoms with E-state index in [1.807, 2.05) is 57.2 Å². The van der Waals surface area contributed by atoms with Crippen molar-refractivity contribution in [3.05, 3.63) is 58.6 Å². The highest BCUT2D eigenvalue weighted by Gasteiger charge is 2.17. The molecular formula is C17H17BrO2. The van der Waals surface area contributed by atoms with Crippen LogP contribution in [0.3, 0.4) is 0 Å². The van der Waals surface area contributed by atoms with Gasteiger partial charge in [-0.25, -0.2) is 4.79 Å². The highest BCUT2D eigenvalue weighted by atomic mass is 79.9. The maximum Gasteiger partial charge on any atom is 0.338 e. The number of esters is 1. The molecule has 0 bridgehead atoms. The molecule has 0 saturated heterocycles. The molecule has 3 heteroatoms. The van der Waals surface area contributed by atoms with E-state index in [4.69, 9.17) is 4.74 Å². The molecule has 2 aromatic rings. The summed E-state index contributed by atoms with van der Waals surface area (Å²) in [5.74, 6) is -0.292. The first-order chi connectivity index (χ1) is 9.35. The van der Waals surface area contributed by atoms with Gasteiger partial charge >= 0.3 is 5.97 Å². The fourth-order valence-corrected chi connectivity index (χ4v) is 2.04. The smallest absolute Gasteiger partial charge is 0.338 e. The van der Waals surface area contributed by atoms with Crippen molar-refractivity contribution in [2.24, 2.45) is 0 Å². The summed E-state index contributed by atoms with van der Waals surface area (Å²) in [4.78, 5) is 11.9. The molecule has 0 amide bonds. The summed E-state index contributed by atoms with van der Waals surface area (Å²) < 4.78 is 6.39. The Bertz CT molecular complexity index is 592. The summed E-state index contributed by atoms with van der Waals surface area (Å²) >= 11 is 3.42. The van der Waals surface area contributed by atoms with Gasteiger partial charge in [-0.05, 0) is 56.2 Å². The van der Waals surface area contributed by atoms with Gasteiger partial charge in [0.15, 0.2) is 0 Å². The van der Waals surface area contributed by atoms with Gasteiger partial charge in [0.2, 0.25) is 0 Å². The van der Waals surface area contributed by atoms with Crippen LogP contribution in [0.25, 0.3) is 11.1 Å². The van der Waals surface area contributed by atoms with Crippen molar-refractivity contribution in [1.82, 2.24) is 0 Å². The number of halogens is 1. The van der Waals surface area contributed by atoms with Gasteiger partial charge in [0.25, 0.3) is 0 Å². The van der Waals surface area contributed by atoms with Crippen LogP contribution in [0, 0.1) is 0 Å². The molecule has 2 aromatic carbocycles. The second kappa shape index (κ2) is 5.80. The van der Waals surface area contributed by atoms with Gasteiger partial charge in [0.1, 0.15) is 5.60 Å². The lowest BCUT2D eigenvalue weighted by molar-refractivity contribution is 0.00696. The second-order valence-electron chi connectivity index (χ2n) is 5.59. The van der Waals surface area contributed by atoms with Crippen molar-refractivity contribution in [2.75, 3.05) is 0 Å². The molecule has 0 fully saturated rings. The van der Waals surface area contributed by atoms with Crippen molar-refractivity contribution in [3.63, 3.8) is 0 Å². The molecule has 0 unspecified atom stereocenters. The molecule has 0 heterocycles. The van der Waals surface area contributed by atoms with E-state index in [2.05, 4.69) is 15.9 Å². The van der Waals surface area contributed by atoms with Crippen LogP contribution in [0.1, 0.15) is 31.1 Å². The standard InChI is InChI=1S/C17H17BrO2/c1-17(2,3)20-16(19)14-6-4-12(5-7-14)13-8-10-15(18)11-9-13/h4-11H,1-3H3. The highest BCUT2D eigenvalue weighted by Crippen LogP contribution is 2.22. The topological polar surface area (TPSA) is 26.3 Å². The van der Waals surface area contributed by atoms with Crippen LogP contribution in [-0.4, -0.2) is 11.6 Å². The SMILES string of the molecule is CC(C)(C)OC(=O)c1ccc(-c2ccc(Br)cc2)cc1. The van der Waals surface area contributed by atoms with E-state index in [9.17, 15) is 4.79 Å². The van der Waals surface area contributed by atoms with E-state index in [0.29, 0.717) is 5.56 Å². The van der Waals surface area contributed by atoms with Crippen LogP contribution in [-0.2, 0) is 4.74 Å². The Morgan fingerprint density at radius 2 is 1.35 bits per heavy atom. The first-order valence-electron chi connectivity index (χ1n) is 6.44. The zero-order valence-electron chi connectivity index (χ0n) is 11.8. The summed E-state index contributed by atoms with van der Waals surface area (Å²) in [6.07, 6.45) is 0. The largest absolute Gasteiger partial charge is 0.456 e. The van der Waals surface area contributed by atoms with Crippen LogP contribution in [0.2, 0.25) is 0 Å². The minimum atomic E-state index is -0.471. The van der Waals surface area contributed by atoms with E-state index in [1.54, 1.807) is 12.1 Å². The van der Waals surface area contributed by atoms with Crippen LogP contribution < -0.4 is 0 Å². The molecule has 0 aliphatic carbocycles. The maximum atomic E-state index is 11.9. The fraction of sp³-hybridized carbons (Fsp3) is 0.235. The van der Waals surface area contributed by atoms with Gasteiger partial charge in [-0.2, -0.15) is 0 Å². The average molecular weight is 333 g/mol. The van der Waals surface area contributed by atoms with Gasteiger partial charge in [0, 0.05) is 4.47 Å². The number of hydrogen-bond donors (Lipinski definition) is 0. The second-order valence-corrected chi connectivity index (χ2v) is 6.50. The minimum Gasteiger partial charge on any atom is -0.456 e. The number of rotatable bonds is 2.